The zero-order chi connectivity index (χ0) is 19.5. The summed E-state index contributed by atoms with van der Waals surface area (Å²) in [5.41, 5.74) is 6.14. The molecule has 0 fully saturated rings. The standard InChI is InChI=1S/C25H24N2O/c1-3-28-21-13-14-25-22(16-21)23(17-27(25)20-11-5-4-6-12-20)24(26)15-19-10-8-7-9-18(19)2/h4-14,16-17,26H,3,15H2,1-2H3. The van der Waals surface area contributed by atoms with Gasteiger partial charge in [0.1, 0.15) is 5.75 Å². The zero-order valence-corrected chi connectivity index (χ0v) is 16.3. The number of hydrogen-bond donors (Lipinski definition) is 1. The monoisotopic (exact) mass is 368 g/mol. The predicted molar refractivity (Wildman–Crippen MR) is 116 cm³/mol. The molecular weight excluding hydrogens is 344 g/mol. The topological polar surface area (TPSA) is 38.0 Å². The molecule has 4 aromatic rings. The summed E-state index contributed by atoms with van der Waals surface area (Å²) in [6.45, 7) is 4.71. The third kappa shape index (κ3) is 3.44. The van der Waals surface area contributed by atoms with E-state index in [0.29, 0.717) is 18.7 Å². The Balaban J connectivity index is 1.83. The van der Waals surface area contributed by atoms with Crippen LogP contribution < -0.4 is 4.74 Å². The number of ether oxygens (including phenoxy) is 1. The predicted octanol–water partition coefficient (Wildman–Crippen LogP) is 5.95. The highest BCUT2D eigenvalue weighted by molar-refractivity contribution is 6.11. The lowest BCUT2D eigenvalue weighted by Crippen LogP contribution is -2.04. The van der Waals surface area contributed by atoms with Gasteiger partial charge in [0.05, 0.1) is 12.1 Å². The van der Waals surface area contributed by atoms with Crippen LogP contribution in [0.1, 0.15) is 23.6 Å². The molecular formula is C25H24N2O. The molecule has 1 N–H and O–H groups in total. The van der Waals surface area contributed by atoms with Crippen LogP contribution in [-0.2, 0) is 6.42 Å². The van der Waals surface area contributed by atoms with E-state index < -0.39 is 0 Å². The van der Waals surface area contributed by atoms with Crippen LogP contribution in [0.4, 0.5) is 0 Å². The SMILES string of the molecule is CCOc1ccc2c(c1)c(C(=N)Cc1ccccc1C)cn2-c1ccccc1. The number of nitrogens with one attached hydrogen (secondary N) is 1. The van der Waals surface area contributed by atoms with Crippen LogP contribution in [-0.4, -0.2) is 16.9 Å². The second kappa shape index (κ2) is 7.73. The maximum Gasteiger partial charge on any atom is 0.120 e. The van der Waals surface area contributed by atoms with Crippen LogP contribution in [0.25, 0.3) is 16.6 Å². The fraction of sp³-hybridized carbons (Fsp3) is 0.160. The molecule has 0 saturated heterocycles. The number of rotatable bonds is 6. The molecule has 0 aliphatic rings. The summed E-state index contributed by atoms with van der Waals surface area (Å²) in [6.07, 6.45) is 2.69. The molecule has 0 atom stereocenters. The molecule has 0 aliphatic carbocycles. The van der Waals surface area contributed by atoms with Gasteiger partial charge in [-0.3, -0.25) is 0 Å². The van der Waals surface area contributed by atoms with Gasteiger partial charge in [-0.2, -0.15) is 0 Å². The molecule has 0 spiro atoms. The van der Waals surface area contributed by atoms with Gasteiger partial charge in [0.15, 0.2) is 0 Å². The number of aromatic nitrogens is 1. The number of fused-ring (bicyclic) bond motifs is 1. The van der Waals surface area contributed by atoms with E-state index >= 15 is 0 Å². The van der Waals surface area contributed by atoms with Gasteiger partial charge in [-0.25, -0.2) is 0 Å². The molecule has 0 amide bonds. The molecule has 0 bridgehead atoms. The highest BCUT2D eigenvalue weighted by atomic mass is 16.5. The second-order valence-corrected chi connectivity index (χ2v) is 6.94. The van der Waals surface area contributed by atoms with Gasteiger partial charge in [0.2, 0.25) is 0 Å². The molecule has 0 saturated carbocycles. The third-order valence-electron chi connectivity index (χ3n) is 5.07. The quantitative estimate of drug-likeness (QED) is 0.420. The second-order valence-electron chi connectivity index (χ2n) is 6.94. The molecule has 1 aromatic heterocycles. The van der Waals surface area contributed by atoms with Crippen molar-refractivity contribution in [3.63, 3.8) is 0 Å². The summed E-state index contributed by atoms with van der Waals surface area (Å²) >= 11 is 0. The van der Waals surface area contributed by atoms with Gasteiger partial charge in [0.25, 0.3) is 0 Å². The van der Waals surface area contributed by atoms with Crippen LogP contribution in [0.3, 0.4) is 0 Å². The van der Waals surface area contributed by atoms with E-state index in [0.717, 1.165) is 27.9 Å². The minimum Gasteiger partial charge on any atom is -0.494 e. The van der Waals surface area contributed by atoms with Gasteiger partial charge in [-0.15, -0.1) is 0 Å². The number of aryl methyl sites for hydroxylation is 1. The Bertz CT molecular complexity index is 1130. The average molecular weight is 368 g/mol. The fourth-order valence-electron chi connectivity index (χ4n) is 3.60. The van der Waals surface area contributed by atoms with Crippen LogP contribution in [0, 0.1) is 12.3 Å². The van der Waals surface area contributed by atoms with Crippen molar-refractivity contribution in [1.82, 2.24) is 4.57 Å². The van der Waals surface area contributed by atoms with Crippen molar-refractivity contribution in [2.45, 2.75) is 20.3 Å². The van der Waals surface area contributed by atoms with Crippen molar-refractivity contribution in [2.24, 2.45) is 0 Å². The van der Waals surface area contributed by atoms with Crippen LogP contribution in [0.2, 0.25) is 0 Å². The summed E-state index contributed by atoms with van der Waals surface area (Å²) in [5.74, 6) is 0.839. The fourth-order valence-corrected chi connectivity index (χ4v) is 3.60. The molecule has 3 heteroatoms. The van der Waals surface area contributed by atoms with Gasteiger partial charge < -0.3 is 14.7 Å². The summed E-state index contributed by atoms with van der Waals surface area (Å²) in [5, 5.41) is 9.89. The Morgan fingerprint density at radius 3 is 2.46 bits per heavy atom. The van der Waals surface area contributed by atoms with Gasteiger partial charge in [0, 0.05) is 35.0 Å². The molecule has 140 valence electrons. The average Bonchev–Trinajstić information content (AvgIpc) is 3.10. The molecule has 0 unspecified atom stereocenters. The zero-order valence-electron chi connectivity index (χ0n) is 16.3. The lowest BCUT2D eigenvalue weighted by molar-refractivity contribution is 0.340. The van der Waals surface area contributed by atoms with Crippen molar-refractivity contribution in [2.75, 3.05) is 6.61 Å². The lowest BCUT2D eigenvalue weighted by atomic mass is 9.98. The Morgan fingerprint density at radius 1 is 0.964 bits per heavy atom. The van der Waals surface area contributed by atoms with Crippen molar-refractivity contribution in [1.29, 1.82) is 5.41 Å². The summed E-state index contributed by atoms with van der Waals surface area (Å²) in [4.78, 5) is 0. The molecule has 1 heterocycles. The first-order valence-electron chi connectivity index (χ1n) is 9.63. The highest BCUT2D eigenvalue weighted by Gasteiger charge is 2.15. The van der Waals surface area contributed by atoms with E-state index in [4.69, 9.17) is 10.1 Å². The molecule has 28 heavy (non-hydrogen) atoms. The van der Waals surface area contributed by atoms with E-state index in [-0.39, 0.29) is 0 Å². The van der Waals surface area contributed by atoms with Gasteiger partial charge in [-0.05, 0) is 55.3 Å². The third-order valence-corrected chi connectivity index (χ3v) is 5.07. The van der Waals surface area contributed by atoms with Gasteiger partial charge >= 0.3 is 0 Å². The lowest BCUT2D eigenvalue weighted by Gasteiger charge is -2.07. The van der Waals surface area contributed by atoms with E-state index in [2.05, 4.69) is 54.1 Å². The Morgan fingerprint density at radius 2 is 1.71 bits per heavy atom. The number of para-hydroxylation sites is 1. The Labute approximate surface area is 165 Å². The van der Waals surface area contributed by atoms with Crippen molar-refractivity contribution < 1.29 is 4.74 Å². The van der Waals surface area contributed by atoms with Crippen LogP contribution >= 0.6 is 0 Å². The van der Waals surface area contributed by atoms with E-state index in [1.807, 2.05) is 43.3 Å². The van der Waals surface area contributed by atoms with E-state index in [9.17, 15) is 0 Å². The molecule has 4 rings (SSSR count). The molecule has 0 radical (unpaired) electrons. The first-order valence-corrected chi connectivity index (χ1v) is 9.63. The number of nitrogens with zero attached hydrogens (tertiary/aromatic N) is 1. The van der Waals surface area contributed by atoms with Crippen molar-refractivity contribution >= 4 is 16.6 Å². The van der Waals surface area contributed by atoms with E-state index in [1.54, 1.807) is 0 Å². The molecule has 0 aliphatic heterocycles. The van der Waals surface area contributed by atoms with E-state index in [1.165, 1.54) is 11.1 Å². The van der Waals surface area contributed by atoms with Crippen LogP contribution in [0.15, 0.2) is 79.0 Å². The Hall–Kier alpha value is -3.33. The highest BCUT2D eigenvalue weighted by Crippen LogP contribution is 2.30. The summed E-state index contributed by atoms with van der Waals surface area (Å²) < 4.78 is 7.88. The Kier molecular flexibility index (Phi) is 4.98. The minimum absolute atomic E-state index is 0.611. The smallest absolute Gasteiger partial charge is 0.120 e. The minimum atomic E-state index is 0.611. The normalized spacial score (nSPS) is 10.9. The summed E-state index contributed by atoms with van der Waals surface area (Å²) in [6, 6.07) is 24.7. The number of hydrogen-bond acceptors (Lipinski definition) is 2. The van der Waals surface area contributed by atoms with Crippen molar-refractivity contribution in [3.05, 3.63) is 95.7 Å². The molecule has 3 aromatic carbocycles. The number of benzene rings is 3. The maximum atomic E-state index is 8.84. The first-order chi connectivity index (χ1) is 13.7. The van der Waals surface area contributed by atoms with Crippen molar-refractivity contribution in [3.8, 4) is 11.4 Å². The maximum absolute atomic E-state index is 8.84. The first kappa shape index (κ1) is 18.1. The van der Waals surface area contributed by atoms with Crippen LogP contribution in [0.5, 0.6) is 5.75 Å². The largest absolute Gasteiger partial charge is 0.494 e. The molecule has 3 nitrogen and oxygen atoms in total. The summed E-state index contributed by atoms with van der Waals surface area (Å²) in [7, 11) is 0. The van der Waals surface area contributed by atoms with Gasteiger partial charge in [-0.1, -0.05) is 42.5 Å².